The molecule has 4 aromatic rings. The highest BCUT2D eigenvalue weighted by Crippen LogP contribution is 2.32. The summed E-state index contributed by atoms with van der Waals surface area (Å²) in [4.78, 5) is 13.1. The van der Waals surface area contributed by atoms with Gasteiger partial charge in [-0.3, -0.25) is 9.10 Å². The van der Waals surface area contributed by atoms with Crippen molar-refractivity contribution in [1.82, 2.24) is 4.37 Å². The molecule has 4 rings (SSSR count). The summed E-state index contributed by atoms with van der Waals surface area (Å²) in [7, 11) is -4.04. The maximum absolute atomic E-state index is 13.9. The highest BCUT2D eigenvalue weighted by Gasteiger charge is 2.30. The second-order valence-electron chi connectivity index (χ2n) is 7.59. The van der Waals surface area contributed by atoms with Crippen LogP contribution < -0.4 is 9.62 Å². The molecule has 0 saturated heterocycles. The Bertz CT molecular complexity index is 1410. The summed E-state index contributed by atoms with van der Waals surface area (Å²) in [5, 5.41) is 4.78. The van der Waals surface area contributed by atoms with E-state index in [1.165, 1.54) is 4.31 Å². The van der Waals surface area contributed by atoms with Gasteiger partial charge in [0.05, 0.1) is 16.3 Å². The Kier molecular flexibility index (Phi) is 5.99. The number of benzene rings is 3. The molecule has 0 atom stereocenters. The molecule has 0 saturated carbocycles. The number of nitrogens with one attached hydrogen (secondary N) is 1. The Morgan fingerprint density at radius 1 is 1.00 bits per heavy atom. The zero-order chi connectivity index (χ0) is 22.9. The summed E-state index contributed by atoms with van der Waals surface area (Å²) in [5.41, 5.74) is 3.02. The molecule has 0 spiro atoms. The maximum Gasteiger partial charge on any atom is 0.265 e. The minimum absolute atomic E-state index is 0.165. The van der Waals surface area contributed by atoms with Crippen LogP contribution >= 0.6 is 11.5 Å². The number of rotatable bonds is 6. The summed E-state index contributed by atoms with van der Waals surface area (Å²) in [6.45, 7) is 5.26. The molecular formula is C24H23N3O3S2. The van der Waals surface area contributed by atoms with Crippen LogP contribution in [0.3, 0.4) is 0 Å². The lowest BCUT2D eigenvalue weighted by Gasteiger charge is -2.26. The van der Waals surface area contributed by atoms with E-state index < -0.39 is 15.9 Å². The van der Waals surface area contributed by atoms with Gasteiger partial charge in [-0.25, -0.2) is 8.42 Å². The molecule has 32 heavy (non-hydrogen) atoms. The normalized spacial score (nSPS) is 11.5. The lowest BCUT2D eigenvalue weighted by atomic mass is 10.1. The highest BCUT2D eigenvalue weighted by atomic mass is 32.2. The summed E-state index contributed by atoms with van der Waals surface area (Å²) in [5.74, 6) is -0.432. The van der Waals surface area contributed by atoms with Crippen LogP contribution in [-0.2, 0) is 14.8 Å². The number of amides is 1. The molecule has 0 aliphatic heterocycles. The maximum atomic E-state index is 13.9. The first-order valence-corrected chi connectivity index (χ1v) is 12.3. The standard InChI is InChI=1S/C24H23N3O3S2/c1-16-8-6-12-21(18(16)3)27(15-23(28)25-24-14-17(2)26-31-24)32(29,30)22-13-7-10-19-9-4-5-11-20(19)22/h4-14H,15H2,1-3H3,(H,25,28). The predicted molar refractivity (Wildman–Crippen MR) is 130 cm³/mol. The first kappa shape index (κ1) is 22.0. The van der Waals surface area contributed by atoms with Gasteiger partial charge in [0.25, 0.3) is 10.0 Å². The van der Waals surface area contributed by atoms with Crippen molar-refractivity contribution in [3.63, 3.8) is 0 Å². The molecule has 0 unspecified atom stereocenters. The topological polar surface area (TPSA) is 79.4 Å². The molecule has 0 aliphatic rings. The van der Waals surface area contributed by atoms with E-state index in [-0.39, 0.29) is 11.4 Å². The molecule has 164 valence electrons. The van der Waals surface area contributed by atoms with Crippen molar-refractivity contribution < 1.29 is 13.2 Å². The van der Waals surface area contributed by atoms with E-state index in [1.807, 2.05) is 51.1 Å². The van der Waals surface area contributed by atoms with Crippen LogP contribution in [0.5, 0.6) is 0 Å². The minimum atomic E-state index is -4.04. The fraction of sp³-hybridized carbons (Fsp3) is 0.167. The molecule has 6 nitrogen and oxygen atoms in total. The number of nitrogens with zero attached hydrogens (tertiary/aromatic N) is 2. The van der Waals surface area contributed by atoms with Gasteiger partial charge in [0.1, 0.15) is 11.5 Å². The Hall–Kier alpha value is -3.23. The van der Waals surface area contributed by atoms with Crippen molar-refractivity contribution in [3.8, 4) is 0 Å². The van der Waals surface area contributed by atoms with E-state index in [1.54, 1.807) is 36.4 Å². The third-order valence-electron chi connectivity index (χ3n) is 5.34. The van der Waals surface area contributed by atoms with Gasteiger partial charge in [-0.2, -0.15) is 4.37 Å². The molecule has 1 N–H and O–H groups in total. The molecule has 8 heteroatoms. The van der Waals surface area contributed by atoms with E-state index in [4.69, 9.17) is 0 Å². The smallest absolute Gasteiger partial charge is 0.265 e. The van der Waals surface area contributed by atoms with E-state index in [0.717, 1.165) is 33.7 Å². The SMILES string of the molecule is Cc1cc(NC(=O)CN(c2cccc(C)c2C)S(=O)(=O)c2cccc3ccccc23)sn1. The fourth-order valence-corrected chi connectivity index (χ4v) is 5.95. The van der Waals surface area contributed by atoms with Crippen LogP contribution in [0.2, 0.25) is 0 Å². The van der Waals surface area contributed by atoms with Crippen molar-refractivity contribution in [2.24, 2.45) is 0 Å². The molecule has 0 radical (unpaired) electrons. The average molecular weight is 466 g/mol. The first-order chi connectivity index (χ1) is 15.3. The van der Waals surface area contributed by atoms with E-state index in [0.29, 0.717) is 16.1 Å². The Balaban J connectivity index is 1.81. The molecular weight excluding hydrogens is 442 g/mol. The van der Waals surface area contributed by atoms with Gasteiger partial charge in [0, 0.05) is 5.39 Å². The van der Waals surface area contributed by atoms with Crippen molar-refractivity contribution in [2.75, 3.05) is 16.2 Å². The number of hydrogen-bond donors (Lipinski definition) is 1. The van der Waals surface area contributed by atoms with E-state index in [9.17, 15) is 13.2 Å². The number of carbonyl (C=O) groups excluding carboxylic acids is 1. The van der Waals surface area contributed by atoms with E-state index in [2.05, 4.69) is 9.69 Å². The number of aromatic nitrogens is 1. The largest absolute Gasteiger partial charge is 0.315 e. The van der Waals surface area contributed by atoms with Crippen LogP contribution in [0.25, 0.3) is 10.8 Å². The molecule has 0 aliphatic carbocycles. The van der Waals surface area contributed by atoms with Gasteiger partial charge in [-0.15, -0.1) is 0 Å². The van der Waals surface area contributed by atoms with Gasteiger partial charge in [0.15, 0.2) is 0 Å². The van der Waals surface area contributed by atoms with Gasteiger partial charge >= 0.3 is 0 Å². The Labute approximate surface area is 191 Å². The summed E-state index contributed by atoms with van der Waals surface area (Å²) < 4.78 is 33.2. The van der Waals surface area contributed by atoms with Crippen LogP contribution in [0.15, 0.2) is 71.6 Å². The first-order valence-electron chi connectivity index (χ1n) is 10.1. The molecule has 3 aromatic carbocycles. The zero-order valence-corrected chi connectivity index (χ0v) is 19.6. The molecule has 1 heterocycles. The lowest BCUT2D eigenvalue weighted by molar-refractivity contribution is -0.114. The van der Waals surface area contributed by atoms with Crippen LogP contribution in [0, 0.1) is 20.8 Å². The second kappa shape index (κ2) is 8.72. The van der Waals surface area contributed by atoms with Crippen molar-refractivity contribution in [3.05, 3.63) is 83.6 Å². The number of aryl methyl sites for hydroxylation is 2. The van der Waals surface area contributed by atoms with Crippen molar-refractivity contribution in [2.45, 2.75) is 25.7 Å². The molecule has 0 fully saturated rings. The number of fused-ring (bicyclic) bond motifs is 1. The van der Waals surface area contributed by atoms with Gasteiger partial charge in [-0.05, 0) is 67.0 Å². The molecule has 1 aromatic heterocycles. The number of hydrogen-bond acceptors (Lipinski definition) is 5. The van der Waals surface area contributed by atoms with Crippen LogP contribution in [0.1, 0.15) is 16.8 Å². The molecule has 0 bridgehead atoms. The number of sulfonamides is 1. The van der Waals surface area contributed by atoms with Crippen molar-refractivity contribution >= 4 is 48.9 Å². The number of carbonyl (C=O) groups is 1. The quantitative estimate of drug-likeness (QED) is 0.432. The average Bonchev–Trinajstić information content (AvgIpc) is 3.18. The van der Waals surface area contributed by atoms with Gasteiger partial charge in [0.2, 0.25) is 5.91 Å². The predicted octanol–water partition coefficient (Wildman–Crippen LogP) is 5.06. The zero-order valence-electron chi connectivity index (χ0n) is 18.0. The van der Waals surface area contributed by atoms with Crippen LogP contribution in [0.4, 0.5) is 10.7 Å². The monoisotopic (exact) mass is 465 g/mol. The van der Waals surface area contributed by atoms with E-state index >= 15 is 0 Å². The summed E-state index contributed by atoms with van der Waals surface area (Å²) >= 11 is 1.16. The second-order valence-corrected chi connectivity index (χ2v) is 10.2. The number of anilines is 2. The van der Waals surface area contributed by atoms with Gasteiger partial charge in [-0.1, -0.05) is 48.5 Å². The fourth-order valence-electron chi connectivity index (χ4n) is 3.57. The molecule has 1 amide bonds. The van der Waals surface area contributed by atoms with Crippen LogP contribution in [-0.4, -0.2) is 25.2 Å². The Morgan fingerprint density at radius 3 is 2.47 bits per heavy atom. The lowest BCUT2D eigenvalue weighted by Crippen LogP contribution is -2.38. The van der Waals surface area contributed by atoms with Gasteiger partial charge < -0.3 is 5.32 Å². The third-order valence-corrected chi connectivity index (χ3v) is 7.95. The third kappa shape index (κ3) is 4.24. The van der Waals surface area contributed by atoms with Crippen molar-refractivity contribution in [1.29, 1.82) is 0 Å². The Morgan fingerprint density at radius 2 is 1.72 bits per heavy atom. The highest BCUT2D eigenvalue weighted by molar-refractivity contribution is 7.93. The minimum Gasteiger partial charge on any atom is -0.315 e. The summed E-state index contributed by atoms with van der Waals surface area (Å²) in [6, 6.07) is 19.7. The summed E-state index contributed by atoms with van der Waals surface area (Å²) in [6.07, 6.45) is 0.